The molecular formula is C16H12BrFIN3. The summed E-state index contributed by atoms with van der Waals surface area (Å²) < 4.78 is 15.7. The van der Waals surface area contributed by atoms with Gasteiger partial charge in [0.15, 0.2) is 0 Å². The van der Waals surface area contributed by atoms with E-state index in [9.17, 15) is 4.39 Å². The maximum Gasteiger partial charge on any atom is 0.132 e. The van der Waals surface area contributed by atoms with Crippen LogP contribution in [0.15, 0.2) is 47.2 Å². The number of hydrogen-bond acceptors (Lipinski definition) is 3. The van der Waals surface area contributed by atoms with Crippen LogP contribution < -0.4 is 5.32 Å². The van der Waals surface area contributed by atoms with Crippen molar-refractivity contribution in [2.45, 2.75) is 6.42 Å². The monoisotopic (exact) mass is 471 g/mol. The molecule has 3 rings (SSSR count). The summed E-state index contributed by atoms with van der Waals surface area (Å²) in [6.45, 7) is 0.710. The molecule has 0 fully saturated rings. The van der Waals surface area contributed by atoms with Crippen LogP contribution in [-0.2, 0) is 6.42 Å². The van der Waals surface area contributed by atoms with Gasteiger partial charge in [0.05, 0.1) is 0 Å². The third kappa shape index (κ3) is 3.38. The highest BCUT2D eigenvalue weighted by atomic mass is 127. The lowest BCUT2D eigenvalue weighted by Gasteiger charge is -2.11. The highest BCUT2D eigenvalue weighted by Crippen LogP contribution is 2.29. The van der Waals surface area contributed by atoms with Crippen LogP contribution in [0.5, 0.6) is 0 Å². The van der Waals surface area contributed by atoms with Gasteiger partial charge in [0.2, 0.25) is 0 Å². The van der Waals surface area contributed by atoms with Gasteiger partial charge < -0.3 is 5.32 Å². The molecule has 0 aliphatic carbocycles. The van der Waals surface area contributed by atoms with Crippen molar-refractivity contribution in [3.63, 3.8) is 0 Å². The smallest absolute Gasteiger partial charge is 0.132 e. The minimum absolute atomic E-state index is 0.204. The molecule has 2 aromatic carbocycles. The zero-order valence-electron chi connectivity index (χ0n) is 11.5. The number of fused-ring (bicyclic) bond motifs is 1. The standard InChI is InChI=1S/C16H12BrFIN3/c17-13-7-14(18)12-4-2-1-3-10(12)11(13)5-6-20-16-8-15(19)21-9-22-16/h1-4,7-9H,5-6H2,(H,20,21,22). The topological polar surface area (TPSA) is 37.8 Å². The van der Waals surface area contributed by atoms with E-state index in [2.05, 4.69) is 53.8 Å². The van der Waals surface area contributed by atoms with Gasteiger partial charge in [0, 0.05) is 22.5 Å². The first kappa shape index (κ1) is 15.6. The first-order valence-electron chi connectivity index (χ1n) is 6.72. The van der Waals surface area contributed by atoms with E-state index in [4.69, 9.17) is 0 Å². The van der Waals surface area contributed by atoms with E-state index in [1.807, 2.05) is 24.3 Å². The number of halogens is 3. The molecule has 3 aromatic rings. The summed E-state index contributed by atoms with van der Waals surface area (Å²) in [6, 6.07) is 11.0. The fraction of sp³-hybridized carbons (Fsp3) is 0.125. The fourth-order valence-corrected chi connectivity index (χ4v) is 3.39. The highest BCUT2D eigenvalue weighted by Gasteiger charge is 2.10. The SMILES string of the molecule is Fc1cc(Br)c(CCNc2cc(I)ncn2)c2ccccc12. The van der Waals surface area contributed by atoms with Gasteiger partial charge in [-0.25, -0.2) is 14.4 Å². The molecule has 0 amide bonds. The number of benzene rings is 2. The van der Waals surface area contributed by atoms with Gasteiger partial charge in [-0.1, -0.05) is 40.2 Å². The minimum atomic E-state index is -0.204. The Morgan fingerprint density at radius 1 is 1.14 bits per heavy atom. The molecular weight excluding hydrogens is 460 g/mol. The van der Waals surface area contributed by atoms with Gasteiger partial charge in [0.1, 0.15) is 21.7 Å². The van der Waals surface area contributed by atoms with Crippen LogP contribution in [0.4, 0.5) is 10.2 Å². The third-order valence-corrected chi connectivity index (χ3v) is 4.66. The molecule has 1 aromatic heterocycles. The summed E-state index contributed by atoms with van der Waals surface area (Å²) in [5.74, 6) is 0.589. The van der Waals surface area contributed by atoms with Crippen LogP contribution in [0.3, 0.4) is 0 Å². The van der Waals surface area contributed by atoms with Gasteiger partial charge >= 0.3 is 0 Å². The second kappa shape index (κ2) is 6.87. The van der Waals surface area contributed by atoms with E-state index in [1.165, 1.54) is 12.4 Å². The summed E-state index contributed by atoms with van der Waals surface area (Å²) in [5.41, 5.74) is 1.09. The molecule has 0 radical (unpaired) electrons. The Hall–Kier alpha value is -1.28. The molecule has 112 valence electrons. The van der Waals surface area contributed by atoms with Crippen LogP contribution in [0.1, 0.15) is 5.56 Å². The van der Waals surface area contributed by atoms with Crippen molar-refractivity contribution in [3.05, 3.63) is 62.3 Å². The lowest BCUT2D eigenvalue weighted by Crippen LogP contribution is -2.07. The molecule has 0 atom stereocenters. The summed E-state index contributed by atoms with van der Waals surface area (Å²) in [4.78, 5) is 8.23. The van der Waals surface area contributed by atoms with Crippen molar-refractivity contribution in [2.24, 2.45) is 0 Å². The molecule has 0 saturated carbocycles. The maximum absolute atomic E-state index is 14.0. The van der Waals surface area contributed by atoms with Crippen molar-refractivity contribution >= 4 is 55.1 Å². The first-order chi connectivity index (χ1) is 10.6. The Kier molecular flexibility index (Phi) is 4.87. The molecule has 0 bridgehead atoms. The van der Waals surface area contributed by atoms with Gasteiger partial charge in [0.25, 0.3) is 0 Å². The molecule has 0 spiro atoms. The average Bonchev–Trinajstić information content (AvgIpc) is 2.51. The van der Waals surface area contributed by atoms with Crippen molar-refractivity contribution in [1.82, 2.24) is 9.97 Å². The number of anilines is 1. The Labute approximate surface area is 149 Å². The van der Waals surface area contributed by atoms with Crippen molar-refractivity contribution in [1.29, 1.82) is 0 Å². The van der Waals surface area contributed by atoms with Crippen LogP contribution >= 0.6 is 38.5 Å². The van der Waals surface area contributed by atoms with Gasteiger partial charge in [-0.05, 0) is 46.0 Å². The summed E-state index contributed by atoms with van der Waals surface area (Å²) in [7, 11) is 0. The molecule has 0 saturated heterocycles. The lowest BCUT2D eigenvalue weighted by atomic mass is 10.0. The summed E-state index contributed by atoms with van der Waals surface area (Å²) >= 11 is 5.62. The Balaban J connectivity index is 1.82. The maximum atomic E-state index is 14.0. The number of hydrogen-bond donors (Lipinski definition) is 1. The summed E-state index contributed by atoms with van der Waals surface area (Å²) in [5, 5.41) is 4.86. The highest BCUT2D eigenvalue weighted by molar-refractivity contribution is 14.1. The molecule has 22 heavy (non-hydrogen) atoms. The molecule has 3 nitrogen and oxygen atoms in total. The predicted octanol–water partition coefficient (Wildman–Crippen LogP) is 4.79. The van der Waals surface area contributed by atoms with Gasteiger partial charge in [-0.3, -0.25) is 0 Å². The van der Waals surface area contributed by atoms with Crippen molar-refractivity contribution < 1.29 is 4.39 Å². The number of nitrogens with zero attached hydrogens (tertiary/aromatic N) is 2. The average molecular weight is 472 g/mol. The summed E-state index contributed by atoms with van der Waals surface area (Å²) in [6.07, 6.45) is 2.30. The van der Waals surface area contributed by atoms with Crippen LogP contribution in [0, 0.1) is 9.52 Å². The van der Waals surface area contributed by atoms with Crippen LogP contribution in [-0.4, -0.2) is 16.5 Å². The normalized spacial score (nSPS) is 10.9. The number of rotatable bonds is 4. The van der Waals surface area contributed by atoms with E-state index in [0.717, 1.165) is 31.4 Å². The lowest BCUT2D eigenvalue weighted by molar-refractivity contribution is 0.638. The van der Waals surface area contributed by atoms with E-state index in [1.54, 1.807) is 6.07 Å². The van der Waals surface area contributed by atoms with Gasteiger partial charge in [-0.2, -0.15) is 0 Å². The van der Waals surface area contributed by atoms with E-state index in [-0.39, 0.29) is 5.82 Å². The zero-order chi connectivity index (χ0) is 15.5. The second-order valence-electron chi connectivity index (χ2n) is 4.77. The largest absolute Gasteiger partial charge is 0.370 e. The molecule has 0 aliphatic heterocycles. The van der Waals surface area contributed by atoms with Crippen LogP contribution in [0.25, 0.3) is 10.8 Å². The van der Waals surface area contributed by atoms with Crippen LogP contribution in [0.2, 0.25) is 0 Å². The minimum Gasteiger partial charge on any atom is -0.370 e. The number of aromatic nitrogens is 2. The molecule has 1 heterocycles. The van der Waals surface area contributed by atoms with E-state index < -0.39 is 0 Å². The Morgan fingerprint density at radius 2 is 1.91 bits per heavy atom. The Bertz CT molecular complexity index is 826. The van der Waals surface area contributed by atoms with E-state index in [0.29, 0.717) is 11.9 Å². The number of nitrogens with one attached hydrogen (secondary N) is 1. The zero-order valence-corrected chi connectivity index (χ0v) is 15.2. The molecule has 1 N–H and O–H groups in total. The molecule has 6 heteroatoms. The van der Waals surface area contributed by atoms with E-state index >= 15 is 0 Å². The second-order valence-corrected chi connectivity index (χ2v) is 6.73. The first-order valence-corrected chi connectivity index (χ1v) is 8.59. The third-order valence-electron chi connectivity index (χ3n) is 3.37. The Morgan fingerprint density at radius 3 is 2.68 bits per heavy atom. The quantitative estimate of drug-likeness (QED) is 0.439. The predicted molar refractivity (Wildman–Crippen MR) is 98.5 cm³/mol. The fourth-order valence-electron chi connectivity index (χ4n) is 2.36. The van der Waals surface area contributed by atoms with Crippen molar-refractivity contribution in [3.8, 4) is 0 Å². The van der Waals surface area contributed by atoms with Crippen molar-refractivity contribution in [2.75, 3.05) is 11.9 Å². The van der Waals surface area contributed by atoms with Gasteiger partial charge in [-0.15, -0.1) is 0 Å². The molecule has 0 aliphatic rings. The molecule has 0 unspecified atom stereocenters.